The summed E-state index contributed by atoms with van der Waals surface area (Å²) in [6, 6.07) is 0. The molecule has 6 aliphatic heterocycles. The van der Waals surface area contributed by atoms with Gasteiger partial charge in [-0.15, -0.1) is 0 Å². The van der Waals surface area contributed by atoms with Gasteiger partial charge < -0.3 is 169 Å². The summed E-state index contributed by atoms with van der Waals surface area (Å²) >= 11 is 0. The summed E-state index contributed by atoms with van der Waals surface area (Å²) in [4.78, 5) is 0. The number of aliphatic hydroxyl groups excluding tert-OH is 20. The molecule has 4 saturated carbocycles. The first kappa shape index (κ1) is 85.3. The molecule has 0 spiro atoms. The van der Waals surface area contributed by atoms with Crippen LogP contribution in [0.4, 0.5) is 0 Å². The molecule has 0 aromatic rings. The largest absolute Gasteiger partial charge is 0.394 e. The Labute approximate surface area is 616 Å². The molecule has 21 N–H and O–H groups in total. The lowest BCUT2D eigenvalue weighted by Gasteiger charge is -2.67. The van der Waals surface area contributed by atoms with Crippen LogP contribution < -0.4 is 0 Å². The van der Waals surface area contributed by atoms with Crippen molar-refractivity contribution in [3.63, 3.8) is 0 Å². The second-order valence-corrected chi connectivity index (χ2v) is 34.1. The molecule has 106 heavy (non-hydrogen) atoms. The Morgan fingerprint density at radius 1 is 0.519 bits per heavy atom. The molecule has 34 nitrogen and oxygen atoms in total. The third kappa shape index (κ3) is 16.7. The van der Waals surface area contributed by atoms with E-state index in [1.807, 2.05) is 0 Å². The fourth-order valence-electron chi connectivity index (χ4n) is 20.0. The molecule has 11 rings (SSSR count). The number of allylic oxidation sites excluding steroid dienone is 1. The standard InChI is InChI=1S/C72H122O34/c1-29(33-15-16-70(6)44-12-10-34-35(72(44,8)45(80)21-71(33,70)7)11-14-46(68(34,2)3)99-39-17-30(49(81)54(86)51(39)83)25-94-64-58(90)55(87)52(84)41(24-75)101-64)9-13-47(69(4,5)93)104-67-62(105-48-19-31(76)18-32(22-73)98-48)60(92)61(106-66-57(89)50(82)38(79)26-95-66)43(103-67)28-97-65-59(91)56(88)53(85)42(102-65)27-96-63-37(78)20-36(77)40(23-74)100-63/h10,29-33,35-67,73-93H,9,11-28H2,1-8H3/t29-,30-,31+,32+,33?,35?,36+,37-,38-,39-,40-,41-,42-,43-,44?,45-,46+,47-,48+,49-,50+,51+,52-,53-,54+,55+,56+,57-,58-,59-,60+,61-,62-,63+,64+,65+,66-,67+,70+,71-,72+/m1/s1. The molecule has 11 aliphatic rings. The van der Waals surface area contributed by atoms with E-state index in [0.29, 0.717) is 32.1 Å². The van der Waals surface area contributed by atoms with Gasteiger partial charge in [-0.2, -0.15) is 0 Å². The van der Waals surface area contributed by atoms with Gasteiger partial charge in [0.25, 0.3) is 0 Å². The molecule has 5 aliphatic carbocycles. The van der Waals surface area contributed by atoms with Crippen molar-refractivity contribution < 1.29 is 169 Å². The topological polar surface area (TPSA) is 545 Å². The van der Waals surface area contributed by atoms with Crippen LogP contribution in [0.25, 0.3) is 0 Å². The van der Waals surface area contributed by atoms with Gasteiger partial charge in [0.15, 0.2) is 37.7 Å². The van der Waals surface area contributed by atoms with Crippen LogP contribution in [0.2, 0.25) is 0 Å². The zero-order chi connectivity index (χ0) is 77.4. The van der Waals surface area contributed by atoms with Crippen LogP contribution in [0, 0.1) is 51.2 Å². The van der Waals surface area contributed by atoms with E-state index < -0.39 is 270 Å². The Hall–Kier alpha value is -1.62. The van der Waals surface area contributed by atoms with Crippen molar-refractivity contribution in [1.29, 1.82) is 0 Å². The molecule has 0 bridgehead atoms. The number of ether oxygens (including phenoxy) is 13. The lowest BCUT2D eigenvalue weighted by Crippen LogP contribution is -2.66. The Bertz CT molecular complexity index is 2840. The van der Waals surface area contributed by atoms with Crippen LogP contribution in [-0.2, 0) is 61.6 Å². The van der Waals surface area contributed by atoms with Gasteiger partial charge >= 0.3 is 0 Å². The number of fused-ring (bicyclic) bond motifs is 5. The zero-order valence-corrected chi connectivity index (χ0v) is 61.7. The molecule has 3 unspecified atom stereocenters. The molecule has 0 aromatic heterocycles. The van der Waals surface area contributed by atoms with Gasteiger partial charge in [-0.25, -0.2) is 0 Å². The first-order valence-corrected chi connectivity index (χ1v) is 38.0. The summed E-state index contributed by atoms with van der Waals surface area (Å²) in [5.41, 5.74) is -2.46. The smallest absolute Gasteiger partial charge is 0.187 e. The highest BCUT2D eigenvalue weighted by Gasteiger charge is 2.71. The summed E-state index contributed by atoms with van der Waals surface area (Å²) in [6.45, 7) is 12.3. The number of aliphatic hydroxyl groups is 21. The van der Waals surface area contributed by atoms with Crippen molar-refractivity contribution in [3.05, 3.63) is 11.6 Å². The van der Waals surface area contributed by atoms with Crippen LogP contribution in [0.15, 0.2) is 11.6 Å². The van der Waals surface area contributed by atoms with Gasteiger partial charge in [0, 0.05) is 36.0 Å². The van der Waals surface area contributed by atoms with E-state index in [4.69, 9.17) is 61.6 Å². The highest BCUT2D eigenvalue weighted by atomic mass is 16.8. The summed E-state index contributed by atoms with van der Waals surface area (Å²) in [5.74, 6) is -0.880. The molecule has 6 heterocycles. The quantitative estimate of drug-likeness (QED) is 0.0380. The molecular weight excluding hydrogens is 1410 g/mol. The molecule has 0 aromatic carbocycles. The highest BCUT2D eigenvalue weighted by Crippen LogP contribution is 2.75. The van der Waals surface area contributed by atoms with Gasteiger partial charge in [0.05, 0.1) is 101 Å². The predicted molar refractivity (Wildman–Crippen MR) is 359 cm³/mol. The molecule has 34 heteroatoms. The monoisotopic (exact) mass is 1530 g/mol. The van der Waals surface area contributed by atoms with E-state index in [1.54, 1.807) is 0 Å². The number of hydrogen-bond donors (Lipinski definition) is 21. The van der Waals surface area contributed by atoms with Crippen molar-refractivity contribution in [2.45, 2.75) is 341 Å². The normalized spacial score (nSPS) is 51.3. The maximum atomic E-state index is 13.0. The second-order valence-electron chi connectivity index (χ2n) is 34.1. The Morgan fingerprint density at radius 3 is 1.78 bits per heavy atom. The van der Waals surface area contributed by atoms with Crippen molar-refractivity contribution in [2.24, 2.45) is 51.2 Å². The van der Waals surface area contributed by atoms with Crippen molar-refractivity contribution in [3.8, 4) is 0 Å². The average Bonchev–Trinajstić information content (AvgIpc) is 1.40. The van der Waals surface area contributed by atoms with Crippen LogP contribution in [0.1, 0.15) is 132 Å². The average molecular weight is 1530 g/mol. The van der Waals surface area contributed by atoms with Gasteiger partial charge in [-0.1, -0.05) is 53.2 Å². The van der Waals surface area contributed by atoms with Crippen LogP contribution in [-0.4, -0.2) is 362 Å². The molecule has 0 amide bonds. The zero-order valence-electron chi connectivity index (χ0n) is 61.7. The first-order valence-electron chi connectivity index (χ1n) is 38.0. The van der Waals surface area contributed by atoms with E-state index in [0.717, 1.165) is 18.4 Å². The van der Waals surface area contributed by atoms with E-state index in [1.165, 1.54) is 13.8 Å². The third-order valence-electron chi connectivity index (χ3n) is 26.8. The number of rotatable bonds is 25. The Balaban J connectivity index is 0.795. The highest BCUT2D eigenvalue weighted by molar-refractivity contribution is 5.32. The Kier molecular flexibility index (Phi) is 27.4. The fraction of sp³-hybridized carbons (Fsp3) is 0.972. The first-order chi connectivity index (χ1) is 49.8. The molecular formula is C72H122O34. The second kappa shape index (κ2) is 34.1. The third-order valence-corrected chi connectivity index (χ3v) is 26.8. The lowest BCUT2D eigenvalue weighted by molar-refractivity contribution is -0.385. The van der Waals surface area contributed by atoms with E-state index in [9.17, 15) is 107 Å². The molecule has 10 fully saturated rings. The van der Waals surface area contributed by atoms with Crippen molar-refractivity contribution >= 4 is 0 Å². The summed E-state index contributed by atoms with van der Waals surface area (Å²) < 4.78 is 79.3. The Morgan fingerprint density at radius 2 is 1.12 bits per heavy atom. The summed E-state index contributed by atoms with van der Waals surface area (Å²) in [5, 5.41) is 230. The van der Waals surface area contributed by atoms with Crippen LogP contribution in [0.5, 0.6) is 0 Å². The molecule has 0 radical (unpaired) electrons. The maximum absolute atomic E-state index is 13.0. The fourth-order valence-corrected chi connectivity index (χ4v) is 20.0. The van der Waals surface area contributed by atoms with E-state index >= 15 is 0 Å². The molecule has 41 atom stereocenters. The lowest BCUT2D eigenvalue weighted by atomic mass is 9.38. The summed E-state index contributed by atoms with van der Waals surface area (Å²) in [7, 11) is 0. The molecule has 614 valence electrons. The van der Waals surface area contributed by atoms with E-state index in [-0.39, 0.29) is 67.8 Å². The predicted octanol–water partition coefficient (Wildman–Crippen LogP) is -5.37. The van der Waals surface area contributed by atoms with Gasteiger partial charge in [0.1, 0.15) is 116 Å². The van der Waals surface area contributed by atoms with E-state index in [2.05, 4.69) is 47.6 Å². The maximum Gasteiger partial charge on any atom is 0.187 e. The van der Waals surface area contributed by atoms with Gasteiger partial charge in [0.2, 0.25) is 0 Å². The van der Waals surface area contributed by atoms with Gasteiger partial charge in [-0.3, -0.25) is 0 Å². The minimum absolute atomic E-state index is 0.0268. The minimum atomic E-state index is -1.97. The minimum Gasteiger partial charge on any atom is -0.394 e. The number of hydrogen-bond acceptors (Lipinski definition) is 34. The van der Waals surface area contributed by atoms with Crippen LogP contribution in [0.3, 0.4) is 0 Å². The van der Waals surface area contributed by atoms with Crippen molar-refractivity contribution in [2.75, 3.05) is 46.2 Å². The van der Waals surface area contributed by atoms with Gasteiger partial charge in [-0.05, 0) is 106 Å². The van der Waals surface area contributed by atoms with Crippen LogP contribution >= 0.6 is 0 Å². The van der Waals surface area contributed by atoms with Crippen molar-refractivity contribution in [1.82, 2.24) is 0 Å². The summed E-state index contributed by atoms with van der Waals surface area (Å²) in [6.07, 6.45) is -42.2. The molecule has 6 saturated heterocycles. The SMILES string of the molecule is C[C@H](CC[C@@H](O[C@@H]1O[C@H](CO[C@H]2O[C@H](CO[C@H]3O[C@H](CO)[C@@H](O)C[C@H]3O)[C@@H](O)[C@H](O)[C@H]2O)[C@@H](O[C@H]2OC[C@@H](O)[C@H](O)[C@H]2O)[C@H](O)[C@H]1O[C@H]1C[C@@H](O)C[C@@H](CO)O1)C(C)(C)O)C1CC[C@@]2(C)C3CC=C4C(CC[C@H](O[C@@H]5C[C@H](CO[C@H]6O[C@H](CO)[C@@H](O)[C@H](O)[C@H]6O)[C@@H](O)[C@H](O)[C@H]5O)C4(C)C)[C@]3(C)[C@H](O)C[C@]12C.